The molecule has 2 heterocycles. The number of nitrogens with one attached hydrogen (secondary N) is 1. The lowest BCUT2D eigenvalue weighted by atomic mass is 10.1. The van der Waals surface area contributed by atoms with Gasteiger partial charge in [0.15, 0.2) is 0 Å². The fraction of sp³-hybridized carbons (Fsp3) is 0. The number of anilines is 1. The molecule has 1 aliphatic heterocycles. The molecule has 0 saturated heterocycles. The van der Waals surface area contributed by atoms with Gasteiger partial charge in [-0.05, 0) is 54.6 Å². The molecule has 0 spiro atoms. The van der Waals surface area contributed by atoms with Gasteiger partial charge in [-0.15, -0.1) is 0 Å². The summed E-state index contributed by atoms with van der Waals surface area (Å²) in [7, 11) is -3.89. The highest BCUT2D eigenvalue weighted by Gasteiger charge is 2.26. The van der Waals surface area contributed by atoms with Gasteiger partial charge in [-0.1, -0.05) is 23.2 Å². The molecular weight excluding hydrogens is 423 g/mol. The van der Waals surface area contributed by atoms with E-state index in [-0.39, 0.29) is 16.4 Å². The molecule has 28 heavy (non-hydrogen) atoms. The number of nitrogens with two attached hydrogens (primary N) is 1. The van der Waals surface area contributed by atoms with Gasteiger partial charge in [0, 0.05) is 16.8 Å². The van der Waals surface area contributed by atoms with Gasteiger partial charge in [0.25, 0.3) is 5.91 Å². The Hall–Kier alpha value is -2.58. The van der Waals surface area contributed by atoms with Gasteiger partial charge < -0.3 is 9.73 Å². The third-order valence-electron chi connectivity index (χ3n) is 4.22. The summed E-state index contributed by atoms with van der Waals surface area (Å²) in [6, 6.07) is 12.7. The molecule has 0 aliphatic carbocycles. The van der Waals surface area contributed by atoms with E-state index in [4.69, 9.17) is 32.8 Å². The lowest BCUT2D eigenvalue weighted by Crippen LogP contribution is -2.12. The molecule has 9 heteroatoms. The quantitative estimate of drug-likeness (QED) is 0.596. The lowest BCUT2D eigenvalue weighted by molar-refractivity contribution is -0.110. The van der Waals surface area contributed by atoms with E-state index in [9.17, 15) is 13.2 Å². The van der Waals surface area contributed by atoms with Crippen molar-refractivity contribution < 1.29 is 17.6 Å². The van der Waals surface area contributed by atoms with Crippen molar-refractivity contribution >= 4 is 56.5 Å². The molecule has 1 aromatic heterocycles. The van der Waals surface area contributed by atoms with Gasteiger partial charge >= 0.3 is 0 Å². The number of hydrogen-bond acceptors (Lipinski definition) is 4. The van der Waals surface area contributed by atoms with Gasteiger partial charge in [0.05, 0.1) is 20.5 Å². The minimum atomic E-state index is -3.89. The van der Waals surface area contributed by atoms with Crippen molar-refractivity contribution in [3.05, 3.63) is 69.9 Å². The maximum Gasteiger partial charge on any atom is 0.256 e. The van der Waals surface area contributed by atoms with E-state index in [0.717, 1.165) is 5.56 Å². The second-order valence-electron chi connectivity index (χ2n) is 6.10. The topological polar surface area (TPSA) is 102 Å². The minimum absolute atomic E-state index is 0.0791. The molecule has 1 aliphatic rings. The molecule has 2 aromatic carbocycles. The number of furan rings is 1. The van der Waals surface area contributed by atoms with E-state index >= 15 is 0 Å². The molecule has 1 amide bonds. The molecule has 4 rings (SSSR count). The number of benzene rings is 2. The van der Waals surface area contributed by atoms with Gasteiger partial charge in [0.1, 0.15) is 11.5 Å². The fourth-order valence-electron chi connectivity index (χ4n) is 2.86. The number of sulfonamides is 1. The van der Waals surface area contributed by atoms with Gasteiger partial charge in [0.2, 0.25) is 10.0 Å². The number of rotatable bonds is 3. The second-order valence-corrected chi connectivity index (χ2v) is 8.47. The molecule has 3 aromatic rings. The van der Waals surface area contributed by atoms with Crippen molar-refractivity contribution in [1.82, 2.24) is 0 Å². The first-order chi connectivity index (χ1) is 13.2. The Morgan fingerprint density at radius 1 is 1.00 bits per heavy atom. The summed E-state index contributed by atoms with van der Waals surface area (Å²) in [4.78, 5) is 12.2. The molecule has 0 atom stereocenters. The van der Waals surface area contributed by atoms with Crippen LogP contribution in [0.3, 0.4) is 0 Å². The highest BCUT2D eigenvalue weighted by molar-refractivity contribution is 7.89. The summed E-state index contributed by atoms with van der Waals surface area (Å²) in [5, 5.41) is 8.70. The van der Waals surface area contributed by atoms with Crippen LogP contribution in [0, 0.1) is 0 Å². The zero-order valence-electron chi connectivity index (χ0n) is 14.1. The van der Waals surface area contributed by atoms with Crippen LogP contribution in [0.4, 0.5) is 5.69 Å². The van der Waals surface area contributed by atoms with Gasteiger partial charge in [-0.25, -0.2) is 13.6 Å². The van der Waals surface area contributed by atoms with Crippen LogP contribution in [0.15, 0.2) is 57.8 Å². The molecular formula is C19H12Cl2N2O4S. The summed E-state index contributed by atoms with van der Waals surface area (Å²) in [5.74, 6) is 0.594. The van der Waals surface area contributed by atoms with Gasteiger partial charge in [-0.3, -0.25) is 4.79 Å². The van der Waals surface area contributed by atoms with E-state index < -0.39 is 10.0 Å². The highest BCUT2D eigenvalue weighted by Crippen LogP contribution is 2.36. The maximum atomic E-state index is 12.3. The SMILES string of the molecule is NS(=O)(=O)c1ccc2c(c1)/C(=C\c1ccc(-c3ccc(Cl)c(Cl)c3)o1)C(=O)N2. The first-order valence-corrected chi connectivity index (χ1v) is 10.3. The van der Waals surface area contributed by atoms with Crippen molar-refractivity contribution in [2.75, 3.05) is 5.32 Å². The third kappa shape index (κ3) is 3.45. The van der Waals surface area contributed by atoms with Crippen LogP contribution in [0.2, 0.25) is 10.0 Å². The van der Waals surface area contributed by atoms with E-state index in [1.807, 2.05) is 0 Å². The standard InChI is InChI=1S/C19H12Cl2N2O4S/c20-15-4-1-10(7-16(15)21)18-6-2-11(27-18)8-14-13-9-12(28(22,25)26)3-5-17(13)23-19(14)24/h1-9H,(H,23,24)(H2,22,25,26)/b14-8+. The first-order valence-electron chi connectivity index (χ1n) is 7.98. The van der Waals surface area contributed by atoms with E-state index in [1.165, 1.54) is 24.3 Å². The average Bonchev–Trinajstić information content (AvgIpc) is 3.21. The Labute approximate surface area is 170 Å². The molecule has 0 fully saturated rings. The minimum Gasteiger partial charge on any atom is -0.457 e. The fourth-order valence-corrected chi connectivity index (χ4v) is 3.70. The number of primary sulfonamides is 1. The van der Waals surface area contributed by atoms with Crippen molar-refractivity contribution in [1.29, 1.82) is 0 Å². The summed E-state index contributed by atoms with van der Waals surface area (Å²) in [6.45, 7) is 0. The van der Waals surface area contributed by atoms with Crippen molar-refractivity contribution in [2.24, 2.45) is 5.14 Å². The van der Waals surface area contributed by atoms with Crippen LogP contribution in [-0.2, 0) is 14.8 Å². The van der Waals surface area contributed by atoms with Crippen LogP contribution in [0.5, 0.6) is 0 Å². The highest BCUT2D eigenvalue weighted by atomic mass is 35.5. The van der Waals surface area contributed by atoms with Crippen LogP contribution in [0.1, 0.15) is 11.3 Å². The van der Waals surface area contributed by atoms with Crippen LogP contribution in [0.25, 0.3) is 23.0 Å². The number of halogens is 2. The third-order valence-corrected chi connectivity index (χ3v) is 5.87. The molecule has 0 unspecified atom stereocenters. The van der Waals surface area contributed by atoms with Crippen LogP contribution >= 0.6 is 23.2 Å². The van der Waals surface area contributed by atoms with Crippen molar-refractivity contribution in [3.63, 3.8) is 0 Å². The Morgan fingerprint density at radius 2 is 1.79 bits per heavy atom. The smallest absolute Gasteiger partial charge is 0.256 e. The predicted molar refractivity (Wildman–Crippen MR) is 108 cm³/mol. The molecule has 142 valence electrons. The Bertz CT molecular complexity index is 1260. The van der Waals surface area contributed by atoms with Crippen molar-refractivity contribution in [2.45, 2.75) is 4.90 Å². The Balaban J connectivity index is 1.74. The van der Waals surface area contributed by atoms with Crippen molar-refractivity contribution in [3.8, 4) is 11.3 Å². The van der Waals surface area contributed by atoms with Crippen LogP contribution < -0.4 is 10.5 Å². The zero-order valence-corrected chi connectivity index (χ0v) is 16.4. The number of carbonyl (C=O) groups excluding carboxylic acids is 1. The monoisotopic (exact) mass is 434 g/mol. The van der Waals surface area contributed by atoms with E-state index in [0.29, 0.717) is 32.8 Å². The zero-order chi connectivity index (χ0) is 20.1. The average molecular weight is 435 g/mol. The summed E-state index contributed by atoms with van der Waals surface area (Å²) < 4.78 is 29.0. The van der Waals surface area contributed by atoms with Crippen LogP contribution in [-0.4, -0.2) is 14.3 Å². The Morgan fingerprint density at radius 3 is 2.50 bits per heavy atom. The molecule has 3 N–H and O–H groups in total. The second kappa shape index (κ2) is 6.79. The number of hydrogen-bond donors (Lipinski definition) is 2. The molecule has 0 radical (unpaired) electrons. The molecule has 6 nitrogen and oxygen atoms in total. The van der Waals surface area contributed by atoms with E-state index in [1.54, 1.807) is 30.3 Å². The Kier molecular flexibility index (Phi) is 4.55. The number of carbonyl (C=O) groups is 1. The normalized spacial score (nSPS) is 15.0. The predicted octanol–water partition coefficient (Wildman–Crippen LogP) is 4.39. The molecule has 0 bridgehead atoms. The maximum absolute atomic E-state index is 12.3. The summed E-state index contributed by atoms with van der Waals surface area (Å²) in [5.41, 5.74) is 1.94. The first kappa shape index (κ1) is 18.8. The van der Waals surface area contributed by atoms with Gasteiger partial charge in [-0.2, -0.15) is 0 Å². The molecule has 0 saturated carbocycles. The van der Waals surface area contributed by atoms with E-state index in [2.05, 4.69) is 5.32 Å². The summed E-state index contributed by atoms with van der Waals surface area (Å²) >= 11 is 12.0. The number of fused-ring (bicyclic) bond motifs is 1. The number of amides is 1. The summed E-state index contributed by atoms with van der Waals surface area (Å²) in [6.07, 6.45) is 1.54. The largest absolute Gasteiger partial charge is 0.457 e. The lowest BCUT2D eigenvalue weighted by Gasteiger charge is -2.02.